The Balaban J connectivity index is 2.14. The van der Waals surface area contributed by atoms with E-state index in [1.54, 1.807) is 16.7 Å². The van der Waals surface area contributed by atoms with Crippen LogP contribution in [0.4, 0.5) is 13.2 Å². The monoisotopic (exact) mass is 388 g/mol. The van der Waals surface area contributed by atoms with Crippen LogP contribution in [-0.2, 0) is 6.18 Å². The Hall–Kier alpha value is -1.57. The van der Waals surface area contributed by atoms with E-state index in [-0.39, 0.29) is 0 Å². The van der Waals surface area contributed by atoms with Gasteiger partial charge in [-0.05, 0) is 46.9 Å². The molecular weight excluding hydrogens is 380 g/mol. The number of alkyl halides is 3. The summed E-state index contributed by atoms with van der Waals surface area (Å²) in [6, 6.07) is 8.97. The standard InChI is InChI=1S/C14H8F3IN2/c15-14(16,17)10-4-1-3-9(7-10)12-8-20-6-2-5-11(18)13(20)19-12/h1-8H. The number of rotatable bonds is 1. The van der Waals surface area contributed by atoms with Crippen molar-refractivity contribution in [3.05, 3.63) is 57.9 Å². The van der Waals surface area contributed by atoms with Gasteiger partial charge in [0.15, 0.2) is 5.65 Å². The van der Waals surface area contributed by atoms with Gasteiger partial charge in [-0.25, -0.2) is 4.98 Å². The Morgan fingerprint density at radius 3 is 2.60 bits per heavy atom. The van der Waals surface area contributed by atoms with Gasteiger partial charge in [0.25, 0.3) is 0 Å². The van der Waals surface area contributed by atoms with Gasteiger partial charge in [0.05, 0.1) is 14.8 Å². The largest absolute Gasteiger partial charge is 0.416 e. The number of imidazole rings is 1. The molecule has 6 heteroatoms. The maximum absolute atomic E-state index is 12.7. The van der Waals surface area contributed by atoms with Crippen LogP contribution in [-0.4, -0.2) is 9.38 Å². The second kappa shape index (κ2) is 4.76. The summed E-state index contributed by atoms with van der Waals surface area (Å²) in [5.74, 6) is 0. The van der Waals surface area contributed by atoms with Crippen molar-refractivity contribution in [2.24, 2.45) is 0 Å². The van der Waals surface area contributed by atoms with Crippen molar-refractivity contribution in [2.45, 2.75) is 6.18 Å². The van der Waals surface area contributed by atoms with Crippen LogP contribution in [0.15, 0.2) is 48.8 Å². The van der Waals surface area contributed by atoms with E-state index < -0.39 is 11.7 Å². The Bertz CT molecular complexity index is 777. The summed E-state index contributed by atoms with van der Waals surface area (Å²) in [7, 11) is 0. The fourth-order valence-electron chi connectivity index (χ4n) is 1.97. The second-order valence-corrected chi connectivity index (χ2v) is 5.45. The average molecular weight is 388 g/mol. The third kappa shape index (κ3) is 2.39. The molecule has 0 fully saturated rings. The second-order valence-electron chi connectivity index (χ2n) is 4.29. The van der Waals surface area contributed by atoms with Gasteiger partial charge in [0.1, 0.15) is 0 Å². The molecule has 20 heavy (non-hydrogen) atoms. The molecule has 2 aromatic heterocycles. The first kappa shape index (κ1) is 13.4. The van der Waals surface area contributed by atoms with Crippen LogP contribution in [0, 0.1) is 3.57 Å². The van der Waals surface area contributed by atoms with E-state index in [0.717, 1.165) is 21.4 Å². The summed E-state index contributed by atoms with van der Waals surface area (Å²) < 4.78 is 40.9. The molecule has 2 heterocycles. The van der Waals surface area contributed by atoms with Crippen LogP contribution in [0.2, 0.25) is 0 Å². The highest BCUT2D eigenvalue weighted by atomic mass is 127. The van der Waals surface area contributed by atoms with Crippen molar-refractivity contribution >= 4 is 28.2 Å². The van der Waals surface area contributed by atoms with Crippen molar-refractivity contribution in [1.29, 1.82) is 0 Å². The zero-order chi connectivity index (χ0) is 14.3. The molecule has 0 saturated carbocycles. The molecular formula is C14H8F3IN2. The lowest BCUT2D eigenvalue weighted by Crippen LogP contribution is -2.04. The first-order valence-corrected chi connectivity index (χ1v) is 6.84. The van der Waals surface area contributed by atoms with Crippen molar-refractivity contribution < 1.29 is 13.2 Å². The zero-order valence-corrected chi connectivity index (χ0v) is 12.2. The Morgan fingerprint density at radius 2 is 1.90 bits per heavy atom. The molecule has 0 atom stereocenters. The predicted molar refractivity (Wildman–Crippen MR) is 78.3 cm³/mol. The van der Waals surface area contributed by atoms with E-state index in [1.165, 1.54) is 6.07 Å². The molecule has 0 amide bonds. The fourth-order valence-corrected chi connectivity index (χ4v) is 2.58. The smallest absolute Gasteiger partial charge is 0.306 e. The molecule has 2 nitrogen and oxygen atoms in total. The van der Waals surface area contributed by atoms with E-state index in [4.69, 9.17) is 0 Å². The molecule has 0 unspecified atom stereocenters. The molecule has 0 aliphatic carbocycles. The molecule has 0 saturated heterocycles. The lowest BCUT2D eigenvalue weighted by molar-refractivity contribution is -0.137. The van der Waals surface area contributed by atoms with Gasteiger partial charge in [-0.2, -0.15) is 13.2 Å². The van der Waals surface area contributed by atoms with Gasteiger partial charge in [0.2, 0.25) is 0 Å². The van der Waals surface area contributed by atoms with Gasteiger partial charge >= 0.3 is 6.18 Å². The number of hydrogen-bond donors (Lipinski definition) is 0. The average Bonchev–Trinajstić information content (AvgIpc) is 2.83. The Morgan fingerprint density at radius 1 is 1.10 bits per heavy atom. The zero-order valence-electron chi connectivity index (χ0n) is 10.0. The van der Waals surface area contributed by atoms with E-state index in [2.05, 4.69) is 27.6 Å². The predicted octanol–water partition coefficient (Wildman–Crippen LogP) is 4.62. The quantitative estimate of drug-likeness (QED) is 0.556. The molecule has 0 spiro atoms. The van der Waals surface area contributed by atoms with Crippen LogP contribution in [0.1, 0.15) is 5.56 Å². The Labute approximate surface area is 126 Å². The minimum atomic E-state index is -4.34. The van der Waals surface area contributed by atoms with E-state index in [1.807, 2.05) is 18.3 Å². The first-order chi connectivity index (χ1) is 9.45. The molecule has 0 radical (unpaired) electrons. The number of fused-ring (bicyclic) bond motifs is 1. The van der Waals surface area contributed by atoms with Crippen molar-refractivity contribution in [3.8, 4) is 11.3 Å². The highest BCUT2D eigenvalue weighted by Gasteiger charge is 2.30. The van der Waals surface area contributed by atoms with Crippen molar-refractivity contribution in [1.82, 2.24) is 9.38 Å². The molecule has 3 rings (SSSR count). The third-order valence-electron chi connectivity index (χ3n) is 2.92. The highest BCUT2D eigenvalue weighted by molar-refractivity contribution is 14.1. The minimum absolute atomic E-state index is 0.458. The van der Waals surface area contributed by atoms with Crippen LogP contribution in [0.3, 0.4) is 0 Å². The summed E-state index contributed by atoms with van der Waals surface area (Å²) in [6.07, 6.45) is -0.793. The molecule has 102 valence electrons. The molecule has 0 bridgehead atoms. The molecule has 0 aliphatic heterocycles. The fraction of sp³-hybridized carbons (Fsp3) is 0.0714. The van der Waals surface area contributed by atoms with Gasteiger partial charge in [-0.3, -0.25) is 0 Å². The van der Waals surface area contributed by atoms with Gasteiger partial charge in [-0.1, -0.05) is 12.1 Å². The van der Waals surface area contributed by atoms with Gasteiger partial charge in [-0.15, -0.1) is 0 Å². The molecule has 0 aliphatic rings. The highest BCUT2D eigenvalue weighted by Crippen LogP contribution is 2.32. The lowest BCUT2D eigenvalue weighted by atomic mass is 10.1. The minimum Gasteiger partial charge on any atom is -0.306 e. The topological polar surface area (TPSA) is 17.3 Å². The lowest BCUT2D eigenvalue weighted by Gasteiger charge is -2.07. The molecule has 3 aromatic rings. The summed E-state index contributed by atoms with van der Waals surface area (Å²) in [6.45, 7) is 0. The number of benzene rings is 1. The van der Waals surface area contributed by atoms with Gasteiger partial charge in [0, 0.05) is 18.0 Å². The molecule has 0 N–H and O–H groups in total. The number of halogens is 4. The maximum atomic E-state index is 12.7. The van der Waals surface area contributed by atoms with Gasteiger partial charge < -0.3 is 4.40 Å². The SMILES string of the molecule is FC(F)(F)c1cccc(-c2cn3cccc(I)c3n2)c1. The van der Waals surface area contributed by atoms with E-state index >= 15 is 0 Å². The van der Waals surface area contributed by atoms with Crippen LogP contribution in [0.25, 0.3) is 16.9 Å². The number of pyridine rings is 1. The first-order valence-electron chi connectivity index (χ1n) is 5.76. The summed E-state index contributed by atoms with van der Waals surface area (Å²) in [5, 5.41) is 0. The van der Waals surface area contributed by atoms with Crippen molar-refractivity contribution in [2.75, 3.05) is 0 Å². The number of aromatic nitrogens is 2. The Kier molecular flexibility index (Phi) is 3.19. The van der Waals surface area contributed by atoms with Crippen LogP contribution >= 0.6 is 22.6 Å². The number of hydrogen-bond acceptors (Lipinski definition) is 1. The van der Waals surface area contributed by atoms with Crippen LogP contribution in [0.5, 0.6) is 0 Å². The van der Waals surface area contributed by atoms with Crippen LogP contribution < -0.4 is 0 Å². The van der Waals surface area contributed by atoms with Crippen molar-refractivity contribution in [3.63, 3.8) is 0 Å². The molecule has 1 aromatic carbocycles. The summed E-state index contributed by atoms with van der Waals surface area (Å²) in [5.41, 5.74) is 1.06. The van der Waals surface area contributed by atoms with E-state index in [0.29, 0.717) is 11.3 Å². The summed E-state index contributed by atoms with van der Waals surface area (Å²) in [4.78, 5) is 4.39. The maximum Gasteiger partial charge on any atom is 0.416 e. The summed E-state index contributed by atoms with van der Waals surface area (Å²) >= 11 is 2.15. The van der Waals surface area contributed by atoms with E-state index in [9.17, 15) is 13.2 Å². The third-order valence-corrected chi connectivity index (χ3v) is 3.76. The number of nitrogens with zero attached hydrogens (tertiary/aromatic N) is 2. The normalized spacial score (nSPS) is 12.0.